The summed E-state index contributed by atoms with van der Waals surface area (Å²) in [6.45, 7) is 7.53. The first kappa shape index (κ1) is 20.8. The Bertz CT molecular complexity index is 858. The van der Waals surface area contributed by atoms with Crippen molar-refractivity contribution >= 4 is 29.0 Å². The van der Waals surface area contributed by atoms with Gasteiger partial charge in [-0.05, 0) is 34.5 Å². The molecule has 5 heteroatoms. The number of hydrogen-bond donors (Lipinski definition) is 0. The third kappa shape index (κ3) is 3.93. The minimum absolute atomic E-state index is 0.0684. The van der Waals surface area contributed by atoms with E-state index in [1.807, 2.05) is 27.7 Å². The Kier molecular flexibility index (Phi) is 5.30. The van der Waals surface area contributed by atoms with E-state index in [1.165, 1.54) is 0 Å². The van der Waals surface area contributed by atoms with E-state index in [0.717, 1.165) is 0 Å². The van der Waals surface area contributed by atoms with Crippen molar-refractivity contribution in [2.75, 3.05) is 0 Å². The fourth-order valence-electron chi connectivity index (χ4n) is 4.63. The first-order valence-corrected chi connectivity index (χ1v) is 10.0. The molecule has 1 aromatic carbocycles. The highest BCUT2D eigenvalue weighted by Gasteiger charge is 2.47. The Morgan fingerprint density at radius 3 is 2.00 bits per heavy atom. The fraction of sp³-hybridized carbons (Fsp3) is 0.522. The van der Waals surface area contributed by atoms with E-state index in [2.05, 4.69) is 0 Å². The second-order valence-electron chi connectivity index (χ2n) is 9.71. The largest absolute Gasteiger partial charge is 0.875 e. The molecule has 28 heavy (non-hydrogen) atoms. The van der Waals surface area contributed by atoms with Crippen LogP contribution in [0.5, 0.6) is 0 Å². The number of hydrogen-bond acceptors (Lipinski definition) is 4. The highest BCUT2D eigenvalue weighted by Crippen LogP contribution is 2.48. The number of rotatable bonds is 3. The topological polar surface area (TPSA) is 74.3 Å². The second kappa shape index (κ2) is 7.14. The standard InChI is InChI=1S/C23H27ClO4/c1-22(2)9-15(25)20(16(26)10-22)19(13-7-5-6-8-14(13)24)21-17(27)11-23(3,4)12-18(21)28/h5-8,19-20,27H,9-12H2,1-4H3/p-1. The summed E-state index contributed by atoms with van der Waals surface area (Å²) in [6.07, 6.45) is 0.919. The molecule has 0 amide bonds. The highest BCUT2D eigenvalue weighted by atomic mass is 35.5. The average Bonchev–Trinajstić information content (AvgIpc) is 2.50. The van der Waals surface area contributed by atoms with Gasteiger partial charge in [0.1, 0.15) is 11.6 Å². The molecule has 0 spiro atoms. The summed E-state index contributed by atoms with van der Waals surface area (Å²) >= 11 is 6.40. The van der Waals surface area contributed by atoms with Crippen LogP contribution in [0.3, 0.4) is 0 Å². The maximum atomic E-state index is 13.0. The van der Waals surface area contributed by atoms with Crippen molar-refractivity contribution in [2.45, 2.75) is 59.3 Å². The quantitative estimate of drug-likeness (QED) is 0.717. The van der Waals surface area contributed by atoms with Gasteiger partial charge in [0.05, 0.1) is 5.92 Å². The predicted octanol–water partition coefficient (Wildman–Crippen LogP) is 4.00. The van der Waals surface area contributed by atoms with E-state index >= 15 is 0 Å². The molecule has 0 aliphatic heterocycles. The Morgan fingerprint density at radius 2 is 1.46 bits per heavy atom. The molecule has 0 saturated heterocycles. The van der Waals surface area contributed by atoms with Crippen molar-refractivity contribution in [3.8, 4) is 0 Å². The second-order valence-corrected chi connectivity index (χ2v) is 10.1. The van der Waals surface area contributed by atoms with Crippen LogP contribution in [0.4, 0.5) is 0 Å². The van der Waals surface area contributed by atoms with Gasteiger partial charge in [-0.3, -0.25) is 14.4 Å². The molecule has 1 unspecified atom stereocenters. The number of carbonyl (C=O) groups is 3. The molecule has 0 N–H and O–H groups in total. The summed E-state index contributed by atoms with van der Waals surface area (Å²) in [5, 5.41) is 13.4. The maximum absolute atomic E-state index is 13.0. The molecule has 4 nitrogen and oxygen atoms in total. The van der Waals surface area contributed by atoms with Gasteiger partial charge in [0.25, 0.3) is 0 Å². The molecular weight excluding hydrogens is 376 g/mol. The molecule has 0 bridgehead atoms. The molecule has 1 atom stereocenters. The zero-order valence-electron chi connectivity index (χ0n) is 16.8. The Balaban J connectivity index is 2.18. The van der Waals surface area contributed by atoms with E-state index < -0.39 is 22.7 Å². The summed E-state index contributed by atoms with van der Waals surface area (Å²) in [5.41, 5.74) is -0.264. The van der Waals surface area contributed by atoms with E-state index in [0.29, 0.717) is 10.6 Å². The minimum Gasteiger partial charge on any atom is -0.875 e. The van der Waals surface area contributed by atoms with Crippen molar-refractivity contribution in [2.24, 2.45) is 16.7 Å². The molecule has 1 aromatic rings. The van der Waals surface area contributed by atoms with Gasteiger partial charge in [-0.15, -0.1) is 5.76 Å². The van der Waals surface area contributed by atoms with E-state index in [4.69, 9.17) is 11.6 Å². The van der Waals surface area contributed by atoms with Crippen LogP contribution in [-0.2, 0) is 14.4 Å². The summed E-state index contributed by atoms with van der Waals surface area (Å²) in [5.74, 6) is -2.93. The molecule has 3 rings (SSSR count). The monoisotopic (exact) mass is 401 g/mol. The van der Waals surface area contributed by atoms with Crippen LogP contribution in [0.15, 0.2) is 35.6 Å². The molecular formula is C23H26ClO4-. The van der Waals surface area contributed by atoms with Crippen molar-refractivity contribution in [1.29, 1.82) is 0 Å². The lowest BCUT2D eigenvalue weighted by molar-refractivity contribution is -0.312. The molecule has 1 fully saturated rings. The van der Waals surface area contributed by atoms with Crippen LogP contribution in [0, 0.1) is 16.7 Å². The SMILES string of the molecule is CC1(C)CC(=O)C(C(C2=C([O-])CC(C)(C)CC2=O)c2ccccc2Cl)C(=O)C1. The zero-order valence-corrected chi connectivity index (χ0v) is 17.6. The number of carbonyl (C=O) groups excluding carboxylic acids is 3. The van der Waals surface area contributed by atoms with Crippen LogP contribution in [0.1, 0.15) is 64.9 Å². The number of benzene rings is 1. The van der Waals surface area contributed by atoms with Gasteiger partial charge in [0.2, 0.25) is 0 Å². The van der Waals surface area contributed by atoms with E-state index in [-0.39, 0.29) is 54.4 Å². The van der Waals surface area contributed by atoms with Crippen molar-refractivity contribution in [3.63, 3.8) is 0 Å². The number of halogens is 1. The highest BCUT2D eigenvalue weighted by molar-refractivity contribution is 6.31. The molecule has 2 aliphatic carbocycles. The van der Waals surface area contributed by atoms with Gasteiger partial charge < -0.3 is 5.11 Å². The van der Waals surface area contributed by atoms with E-state index in [1.54, 1.807) is 24.3 Å². The van der Waals surface area contributed by atoms with Gasteiger partial charge in [-0.1, -0.05) is 57.5 Å². The Morgan fingerprint density at radius 1 is 0.929 bits per heavy atom. The lowest BCUT2D eigenvalue weighted by Crippen LogP contribution is -2.43. The van der Waals surface area contributed by atoms with Gasteiger partial charge >= 0.3 is 0 Å². The Labute approximate surface area is 171 Å². The molecule has 1 saturated carbocycles. The lowest BCUT2D eigenvalue weighted by Gasteiger charge is -2.42. The van der Waals surface area contributed by atoms with Crippen molar-refractivity contribution in [3.05, 3.63) is 46.2 Å². The van der Waals surface area contributed by atoms with E-state index in [9.17, 15) is 19.5 Å². The number of Topliss-reactive ketones (excluding diaryl/α,β-unsaturated/α-hetero) is 3. The number of allylic oxidation sites excluding steroid dienone is 2. The van der Waals surface area contributed by atoms with Crippen LogP contribution in [0.25, 0.3) is 0 Å². The van der Waals surface area contributed by atoms with Crippen molar-refractivity contribution < 1.29 is 19.5 Å². The van der Waals surface area contributed by atoms with Crippen molar-refractivity contribution in [1.82, 2.24) is 0 Å². The van der Waals surface area contributed by atoms with Crippen LogP contribution in [-0.4, -0.2) is 17.3 Å². The third-order valence-corrected chi connectivity index (χ3v) is 6.11. The van der Waals surface area contributed by atoms with Crippen LogP contribution < -0.4 is 5.11 Å². The molecule has 2 aliphatic rings. The fourth-order valence-corrected chi connectivity index (χ4v) is 4.88. The summed E-state index contributed by atoms with van der Waals surface area (Å²) < 4.78 is 0. The molecule has 0 aromatic heterocycles. The Hall–Kier alpha value is -1.94. The van der Waals surface area contributed by atoms with Crippen LogP contribution in [0.2, 0.25) is 5.02 Å². The normalized spacial score (nSPS) is 23.8. The van der Waals surface area contributed by atoms with Gasteiger partial charge in [0.15, 0.2) is 5.78 Å². The zero-order chi connectivity index (χ0) is 20.9. The lowest BCUT2D eigenvalue weighted by atomic mass is 9.62. The maximum Gasteiger partial charge on any atom is 0.159 e. The first-order chi connectivity index (χ1) is 12.9. The molecule has 0 radical (unpaired) electrons. The summed E-state index contributed by atoms with van der Waals surface area (Å²) in [6, 6.07) is 6.86. The minimum atomic E-state index is -1.03. The third-order valence-electron chi connectivity index (χ3n) is 5.76. The van der Waals surface area contributed by atoms with Gasteiger partial charge in [0, 0.05) is 30.2 Å². The predicted molar refractivity (Wildman–Crippen MR) is 106 cm³/mol. The van der Waals surface area contributed by atoms with Crippen LogP contribution >= 0.6 is 11.6 Å². The smallest absolute Gasteiger partial charge is 0.159 e. The van der Waals surface area contributed by atoms with Gasteiger partial charge in [-0.25, -0.2) is 0 Å². The molecule has 150 valence electrons. The van der Waals surface area contributed by atoms with Gasteiger partial charge in [-0.2, -0.15) is 0 Å². The summed E-state index contributed by atoms with van der Waals surface area (Å²) in [7, 11) is 0. The average molecular weight is 402 g/mol. The summed E-state index contributed by atoms with van der Waals surface area (Å²) in [4.78, 5) is 39.1. The molecule has 0 heterocycles. The first-order valence-electron chi connectivity index (χ1n) is 9.65. The number of ketones is 3.